The highest BCUT2D eigenvalue weighted by Gasteiger charge is 2.32. The predicted octanol–water partition coefficient (Wildman–Crippen LogP) is 2.19. The summed E-state index contributed by atoms with van der Waals surface area (Å²) in [4.78, 5) is 17.5. The molecule has 4 rings (SSSR count). The van der Waals surface area contributed by atoms with E-state index in [0.717, 1.165) is 37.3 Å². The number of aromatic nitrogens is 3. The predicted molar refractivity (Wildman–Crippen MR) is 99.0 cm³/mol. The second kappa shape index (κ2) is 7.35. The summed E-state index contributed by atoms with van der Waals surface area (Å²) in [5.41, 5.74) is 7.04. The normalized spacial score (nSPS) is 22.4. The molecule has 0 amide bonds. The molecule has 2 aromatic heterocycles. The SMILES string of the molecule is Nc1nccc(N2CCC(C3CCN(Cc4cccnc4)CC3)C2)n1. The van der Waals surface area contributed by atoms with E-state index in [1.54, 1.807) is 6.20 Å². The Morgan fingerprint density at radius 1 is 1.04 bits per heavy atom. The molecule has 1 unspecified atom stereocenters. The highest BCUT2D eigenvalue weighted by atomic mass is 15.2. The Labute approximate surface area is 149 Å². The van der Waals surface area contributed by atoms with Gasteiger partial charge in [-0.05, 0) is 61.9 Å². The molecular weight excluding hydrogens is 312 g/mol. The van der Waals surface area contributed by atoms with Crippen LogP contribution in [0.25, 0.3) is 0 Å². The van der Waals surface area contributed by atoms with Gasteiger partial charge in [0.25, 0.3) is 0 Å². The fourth-order valence-electron chi connectivity index (χ4n) is 4.25. The number of nitrogens with zero attached hydrogens (tertiary/aromatic N) is 5. The van der Waals surface area contributed by atoms with Crippen LogP contribution < -0.4 is 10.6 Å². The zero-order valence-electron chi connectivity index (χ0n) is 14.6. The Morgan fingerprint density at radius 3 is 2.64 bits per heavy atom. The maximum Gasteiger partial charge on any atom is 0.221 e. The van der Waals surface area contributed by atoms with Crippen LogP contribution in [0.3, 0.4) is 0 Å². The maximum absolute atomic E-state index is 5.72. The molecule has 2 aromatic rings. The van der Waals surface area contributed by atoms with Gasteiger partial charge in [0, 0.05) is 38.2 Å². The van der Waals surface area contributed by atoms with Gasteiger partial charge in [-0.3, -0.25) is 9.88 Å². The molecule has 132 valence electrons. The van der Waals surface area contributed by atoms with Gasteiger partial charge >= 0.3 is 0 Å². The van der Waals surface area contributed by atoms with E-state index < -0.39 is 0 Å². The molecule has 2 aliphatic rings. The van der Waals surface area contributed by atoms with E-state index in [4.69, 9.17) is 5.73 Å². The Morgan fingerprint density at radius 2 is 1.88 bits per heavy atom. The summed E-state index contributed by atoms with van der Waals surface area (Å²) in [6, 6.07) is 6.16. The molecule has 0 aromatic carbocycles. The number of hydrogen-bond donors (Lipinski definition) is 1. The van der Waals surface area contributed by atoms with Crippen molar-refractivity contribution < 1.29 is 0 Å². The Kier molecular flexibility index (Phi) is 4.78. The van der Waals surface area contributed by atoms with Gasteiger partial charge < -0.3 is 10.6 Å². The lowest BCUT2D eigenvalue weighted by molar-refractivity contribution is 0.147. The largest absolute Gasteiger partial charge is 0.368 e. The van der Waals surface area contributed by atoms with Gasteiger partial charge in [0.2, 0.25) is 5.95 Å². The first-order valence-electron chi connectivity index (χ1n) is 9.22. The zero-order valence-corrected chi connectivity index (χ0v) is 14.6. The zero-order chi connectivity index (χ0) is 17.1. The van der Waals surface area contributed by atoms with Crippen LogP contribution in [0.2, 0.25) is 0 Å². The summed E-state index contributed by atoms with van der Waals surface area (Å²) < 4.78 is 0. The standard InChI is InChI=1S/C19H26N6/c20-19-22-8-3-18(23-19)25-11-6-17(14-25)16-4-9-24(10-5-16)13-15-2-1-7-21-12-15/h1-3,7-8,12,16-17H,4-6,9-11,13-14H2,(H2,20,22,23). The van der Waals surface area contributed by atoms with Crippen molar-refractivity contribution >= 4 is 11.8 Å². The number of anilines is 2. The molecule has 2 N–H and O–H groups in total. The van der Waals surface area contributed by atoms with Crippen molar-refractivity contribution in [3.63, 3.8) is 0 Å². The number of likely N-dealkylation sites (tertiary alicyclic amines) is 1. The quantitative estimate of drug-likeness (QED) is 0.921. The van der Waals surface area contributed by atoms with E-state index >= 15 is 0 Å². The summed E-state index contributed by atoms with van der Waals surface area (Å²) in [5.74, 6) is 2.94. The van der Waals surface area contributed by atoms with Crippen LogP contribution in [0.5, 0.6) is 0 Å². The highest BCUT2D eigenvalue weighted by Crippen LogP contribution is 2.33. The number of pyridine rings is 1. The van der Waals surface area contributed by atoms with Crippen LogP contribution in [0.1, 0.15) is 24.8 Å². The lowest BCUT2D eigenvalue weighted by Crippen LogP contribution is -2.36. The summed E-state index contributed by atoms with van der Waals surface area (Å²) in [7, 11) is 0. The van der Waals surface area contributed by atoms with E-state index in [1.165, 1.54) is 37.9 Å². The van der Waals surface area contributed by atoms with Crippen molar-refractivity contribution in [2.75, 3.05) is 36.8 Å². The smallest absolute Gasteiger partial charge is 0.221 e. The average molecular weight is 338 g/mol. The molecule has 2 fully saturated rings. The van der Waals surface area contributed by atoms with Gasteiger partial charge in [-0.2, -0.15) is 4.98 Å². The van der Waals surface area contributed by atoms with Gasteiger partial charge in [0.05, 0.1) is 0 Å². The van der Waals surface area contributed by atoms with Gasteiger partial charge in [-0.25, -0.2) is 4.98 Å². The second-order valence-corrected chi connectivity index (χ2v) is 7.24. The molecule has 0 spiro atoms. The van der Waals surface area contributed by atoms with E-state index in [2.05, 4.69) is 30.8 Å². The minimum Gasteiger partial charge on any atom is -0.368 e. The van der Waals surface area contributed by atoms with Crippen molar-refractivity contribution in [3.05, 3.63) is 42.4 Å². The fourth-order valence-corrected chi connectivity index (χ4v) is 4.25. The third-order valence-corrected chi connectivity index (χ3v) is 5.64. The number of nitrogens with two attached hydrogens (primary N) is 1. The van der Waals surface area contributed by atoms with Crippen molar-refractivity contribution in [3.8, 4) is 0 Å². The highest BCUT2D eigenvalue weighted by molar-refractivity contribution is 5.42. The van der Waals surface area contributed by atoms with Gasteiger partial charge in [-0.15, -0.1) is 0 Å². The lowest BCUT2D eigenvalue weighted by Gasteiger charge is -2.34. The summed E-state index contributed by atoms with van der Waals surface area (Å²) in [6.07, 6.45) is 9.43. The molecule has 25 heavy (non-hydrogen) atoms. The van der Waals surface area contributed by atoms with E-state index in [-0.39, 0.29) is 0 Å². The average Bonchev–Trinajstić information content (AvgIpc) is 3.13. The minimum atomic E-state index is 0.365. The van der Waals surface area contributed by atoms with Crippen LogP contribution in [0.4, 0.5) is 11.8 Å². The van der Waals surface area contributed by atoms with E-state index in [0.29, 0.717) is 5.95 Å². The Balaban J connectivity index is 1.28. The second-order valence-electron chi connectivity index (χ2n) is 7.24. The third-order valence-electron chi connectivity index (χ3n) is 5.64. The first-order chi connectivity index (χ1) is 12.3. The number of rotatable bonds is 4. The van der Waals surface area contributed by atoms with Crippen molar-refractivity contribution in [1.29, 1.82) is 0 Å². The first-order valence-corrected chi connectivity index (χ1v) is 9.22. The van der Waals surface area contributed by atoms with Crippen molar-refractivity contribution in [1.82, 2.24) is 19.9 Å². The van der Waals surface area contributed by atoms with Crippen LogP contribution in [0.15, 0.2) is 36.8 Å². The van der Waals surface area contributed by atoms with Gasteiger partial charge in [0.15, 0.2) is 0 Å². The van der Waals surface area contributed by atoms with Crippen LogP contribution in [-0.2, 0) is 6.54 Å². The molecule has 0 saturated carbocycles. The van der Waals surface area contributed by atoms with Gasteiger partial charge in [0.1, 0.15) is 5.82 Å². The molecule has 6 heteroatoms. The molecule has 2 aliphatic heterocycles. The van der Waals surface area contributed by atoms with E-state index in [1.807, 2.05) is 24.5 Å². The Hall–Kier alpha value is -2.21. The third kappa shape index (κ3) is 3.90. The van der Waals surface area contributed by atoms with Crippen LogP contribution in [0, 0.1) is 11.8 Å². The Bertz CT molecular complexity index is 683. The molecular formula is C19H26N6. The molecule has 1 atom stereocenters. The van der Waals surface area contributed by atoms with Crippen molar-refractivity contribution in [2.45, 2.75) is 25.8 Å². The van der Waals surface area contributed by atoms with Crippen LogP contribution in [-0.4, -0.2) is 46.0 Å². The van der Waals surface area contributed by atoms with Crippen molar-refractivity contribution in [2.24, 2.45) is 11.8 Å². The molecule has 0 radical (unpaired) electrons. The molecule has 6 nitrogen and oxygen atoms in total. The summed E-state index contributed by atoms with van der Waals surface area (Å²) in [6.45, 7) is 5.59. The topological polar surface area (TPSA) is 71.2 Å². The molecule has 2 saturated heterocycles. The number of piperidine rings is 1. The fraction of sp³-hybridized carbons (Fsp3) is 0.526. The first kappa shape index (κ1) is 16.3. The minimum absolute atomic E-state index is 0.365. The van der Waals surface area contributed by atoms with Crippen LogP contribution >= 0.6 is 0 Å². The summed E-state index contributed by atoms with van der Waals surface area (Å²) in [5, 5.41) is 0. The maximum atomic E-state index is 5.72. The number of nitrogen functional groups attached to an aromatic ring is 1. The van der Waals surface area contributed by atoms with Gasteiger partial charge in [-0.1, -0.05) is 6.07 Å². The number of hydrogen-bond acceptors (Lipinski definition) is 6. The monoisotopic (exact) mass is 338 g/mol. The molecule has 0 bridgehead atoms. The summed E-state index contributed by atoms with van der Waals surface area (Å²) >= 11 is 0. The molecule has 4 heterocycles. The van der Waals surface area contributed by atoms with E-state index in [9.17, 15) is 0 Å². The lowest BCUT2D eigenvalue weighted by atomic mass is 9.83. The molecule has 0 aliphatic carbocycles.